The largest absolute Gasteiger partial charge is 0.435 e. The fraction of sp³-hybridized carbons (Fsp3) is 0.300. The van der Waals surface area contributed by atoms with Crippen molar-refractivity contribution in [2.24, 2.45) is 0 Å². The van der Waals surface area contributed by atoms with Crippen molar-refractivity contribution in [3.05, 3.63) is 28.5 Å². The highest BCUT2D eigenvalue weighted by atomic mass is 35.5. The van der Waals surface area contributed by atoms with E-state index < -0.39 is 26.6 Å². The van der Waals surface area contributed by atoms with Gasteiger partial charge in [0.15, 0.2) is 17.4 Å². The summed E-state index contributed by atoms with van der Waals surface area (Å²) in [5.74, 6) is -1.20. The molecule has 0 aliphatic carbocycles. The first-order valence-corrected chi connectivity index (χ1v) is 7.42. The third-order valence-corrected chi connectivity index (χ3v) is 4.03. The van der Waals surface area contributed by atoms with Crippen molar-refractivity contribution in [2.45, 2.75) is 13.3 Å². The Kier molecular flexibility index (Phi) is 4.95. The molecule has 1 aromatic rings. The zero-order chi connectivity index (χ0) is 13.9. The number of hydrogen-bond acceptors (Lipinski definition) is 3. The zero-order valence-electron chi connectivity index (χ0n) is 9.37. The summed E-state index contributed by atoms with van der Waals surface area (Å²) in [6.07, 6.45) is 0.386. The lowest BCUT2D eigenvalue weighted by Crippen LogP contribution is -2.17. The molecular weight excluding hydrogens is 304 g/mol. The number of halogens is 3. The summed E-state index contributed by atoms with van der Waals surface area (Å²) in [4.78, 5) is 11.0. The zero-order valence-corrected chi connectivity index (χ0v) is 11.8. The number of sulfonamides is 1. The Labute approximate surface area is 114 Å². The van der Waals surface area contributed by atoms with Gasteiger partial charge in [-0.15, -0.1) is 0 Å². The topological polar surface area (TPSA) is 63.2 Å². The van der Waals surface area contributed by atoms with Gasteiger partial charge < -0.3 is 0 Å². The lowest BCUT2D eigenvalue weighted by atomic mass is 10.2. The van der Waals surface area contributed by atoms with E-state index in [1.807, 2.05) is 0 Å². The van der Waals surface area contributed by atoms with E-state index in [9.17, 15) is 17.6 Å². The maximum atomic E-state index is 13.9. The molecule has 0 saturated carbocycles. The van der Waals surface area contributed by atoms with Crippen LogP contribution in [0.5, 0.6) is 0 Å². The van der Waals surface area contributed by atoms with Crippen molar-refractivity contribution < 1.29 is 29.2 Å². The summed E-state index contributed by atoms with van der Waals surface area (Å²) < 4.78 is 38.9. The first-order chi connectivity index (χ1) is 8.28. The van der Waals surface area contributed by atoms with Crippen molar-refractivity contribution in [3.8, 4) is 0 Å². The van der Waals surface area contributed by atoms with E-state index in [0.29, 0.717) is 6.42 Å². The number of hydrogen-bond donors (Lipinski definition) is 1. The number of anilines is 1. The van der Waals surface area contributed by atoms with Gasteiger partial charge in [-0.3, -0.25) is 4.72 Å². The van der Waals surface area contributed by atoms with Gasteiger partial charge in [0.25, 0.3) is 0 Å². The van der Waals surface area contributed by atoms with Gasteiger partial charge in [-0.1, -0.05) is 18.5 Å². The number of nitrogens with one attached hydrogen (secondary N) is 1. The van der Waals surface area contributed by atoms with Crippen LogP contribution in [-0.4, -0.2) is 19.4 Å². The van der Waals surface area contributed by atoms with Crippen molar-refractivity contribution in [2.75, 3.05) is 10.5 Å². The molecule has 0 radical (unpaired) electrons. The normalized spacial score (nSPS) is 11.3. The Morgan fingerprint density at radius 2 is 2.11 bits per heavy atom. The van der Waals surface area contributed by atoms with Crippen molar-refractivity contribution >= 4 is 32.6 Å². The summed E-state index contributed by atoms with van der Waals surface area (Å²) in [5.41, 5.74) is -0.829. The monoisotopic (exact) mass is 314 g/mol. The van der Waals surface area contributed by atoms with E-state index in [1.165, 1.54) is 6.07 Å². The van der Waals surface area contributed by atoms with Crippen LogP contribution in [0.15, 0.2) is 12.1 Å². The van der Waals surface area contributed by atoms with Gasteiger partial charge >= 0.3 is 5.24 Å². The quantitative estimate of drug-likeness (QED) is 0.846. The first kappa shape index (κ1) is 15.2. The SMILES string of the molecule is CCCS(=O)(=O)Nc1ccc(Cl)c(C(=O)[ClH+])c1F. The molecular formula is C10H11Cl2FNO3S+. The number of carbonyl (C=O) groups excluding carboxylic acids is 1. The lowest BCUT2D eigenvalue weighted by Gasteiger charge is -2.09. The molecule has 100 valence electrons. The van der Waals surface area contributed by atoms with Gasteiger partial charge in [-0.2, -0.15) is 0 Å². The molecule has 0 saturated heterocycles. The van der Waals surface area contributed by atoms with Crippen LogP contribution in [0.3, 0.4) is 0 Å². The van der Waals surface area contributed by atoms with Crippen molar-refractivity contribution in [1.82, 2.24) is 0 Å². The summed E-state index contributed by atoms with van der Waals surface area (Å²) >= 11 is 9.96. The van der Waals surface area contributed by atoms with Crippen LogP contribution in [0.4, 0.5) is 10.1 Å². The standard InChI is InChI=1S/C10H11Cl2FNO3S/c1-2-5-18(16,17)14-7-4-3-6(11)8(9(7)13)10(12)15/h3-4,12,14H,2,5H2,1H3/q+1. The lowest BCUT2D eigenvalue weighted by molar-refractivity contribution is -0.255. The van der Waals surface area contributed by atoms with Crippen LogP contribution >= 0.6 is 11.6 Å². The molecule has 1 aromatic carbocycles. The van der Waals surface area contributed by atoms with Crippen LogP contribution in [0.1, 0.15) is 23.7 Å². The predicted molar refractivity (Wildman–Crippen MR) is 64.8 cm³/mol. The second-order valence-corrected chi connectivity index (χ2v) is 6.11. The molecule has 18 heavy (non-hydrogen) atoms. The highest BCUT2D eigenvalue weighted by Gasteiger charge is 2.24. The maximum Gasteiger partial charge on any atom is 0.435 e. The van der Waals surface area contributed by atoms with E-state index in [1.54, 1.807) is 6.92 Å². The van der Waals surface area contributed by atoms with E-state index in [2.05, 4.69) is 16.3 Å². The van der Waals surface area contributed by atoms with Crippen molar-refractivity contribution in [1.29, 1.82) is 0 Å². The van der Waals surface area contributed by atoms with E-state index in [-0.39, 0.29) is 16.5 Å². The fourth-order valence-electron chi connectivity index (χ4n) is 1.31. The predicted octanol–water partition coefficient (Wildman–Crippen LogP) is 2.05. The average molecular weight is 315 g/mol. The summed E-state index contributed by atoms with van der Waals surface area (Å²) in [6.45, 7) is 1.68. The second-order valence-electron chi connectivity index (χ2n) is 3.49. The van der Waals surface area contributed by atoms with Gasteiger partial charge in [0.2, 0.25) is 10.0 Å². The number of carbonyl (C=O) groups is 1. The van der Waals surface area contributed by atoms with E-state index in [0.717, 1.165) is 6.07 Å². The summed E-state index contributed by atoms with van der Waals surface area (Å²) in [7, 11) is -3.64. The van der Waals surface area contributed by atoms with Gasteiger partial charge in [0.05, 0.1) is 16.5 Å². The minimum absolute atomic E-state index is 0.147. The Bertz CT molecular complexity index is 575. The minimum Gasteiger partial charge on any atom is -0.281 e. The van der Waals surface area contributed by atoms with Crippen LogP contribution in [0.2, 0.25) is 5.02 Å². The van der Waals surface area contributed by atoms with Gasteiger partial charge in [0, 0.05) is 0 Å². The van der Waals surface area contributed by atoms with Crippen LogP contribution in [-0.2, 0) is 10.0 Å². The fourth-order valence-corrected chi connectivity index (χ4v) is 2.93. The molecule has 4 nitrogen and oxygen atoms in total. The van der Waals surface area contributed by atoms with Crippen LogP contribution in [0, 0.1) is 17.4 Å². The minimum atomic E-state index is -3.64. The highest BCUT2D eigenvalue weighted by molar-refractivity contribution is 7.92. The average Bonchev–Trinajstić information content (AvgIpc) is 2.21. The summed E-state index contributed by atoms with van der Waals surface area (Å²) in [5, 5.41) is -1.13. The Morgan fingerprint density at radius 1 is 1.50 bits per heavy atom. The van der Waals surface area contributed by atoms with E-state index in [4.69, 9.17) is 11.6 Å². The molecule has 0 aliphatic rings. The second kappa shape index (κ2) is 5.86. The molecule has 1 N–H and O–H groups in total. The molecule has 0 unspecified atom stereocenters. The molecule has 0 aliphatic heterocycles. The molecule has 0 amide bonds. The molecule has 0 heterocycles. The van der Waals surface area contributed by atoms with Crippen LogP contribution < -0.4 is 4.72 Å². The molecule has 8 heteroatoms. The Balaban J connectivity index is 3.21. The smallest absolute Gasteiger partial charge is 0.281 e. The molecule has 0 bridgehead atoms. The highest BCUT2D eigenvalue weighted by Crippen LogP contribution is 2.26. The third kappa shape index (κ3) is 3.57. The third-order valence-electron chi connectivity index (χ3n) is 2.03. The number of benzene rings is 1. The molecule has 0 atom stereocenters. The van der Waals surface area contributed by atoms with Gasteiger partial charge in [-0.25, -0.2) is 17.6 Å². The number of rotatable bonds is 5. The van der Waals surface area contributed by atoms with Crippen molar-refractivity contribution in [3.63, 3.8) is 0 Å². The van der Waals surface area contributed by atoms with Gasteiger partial charge in [0.1, 0.15) is 5.56 Å². The Morgan fingerprint density at radius 3 is 2.61 bits per heavy atom. The first-order valence-electron chi connectivity index (χ1n) is 4.98. The van der Waals surface area contributed by atoms with E-state index >= 15 is 0 Å². The van der Waals surface area contributed by atoms with Gasteiger partial charge in [-0.05, 0) is 18.6 Å². The van der Waals surface area contributed by atoms with Crippen LogP contribution in [0.25, 0.3) is 0 Å². The molecule has 0 spiro atoms. The molecule has 0 fully saturated rings. The molecule has 0 aromatic heterocycles. The molecule has 1 rings (SSSR count). The maximum absolute atomic E-state index is 13.9. The summed E-state index contributed by atoms with van der Waals surface area (Å²) in [6, 6.07) is 2.36. The Hall–Kier alpha value is -0.850.